The number of hydrogen-bond acceptors (Lipinski definition) is 3. The number of rotatable bonds is 2. The Morgan fingerprint density at radius 1 is 1.47 bits per heavy atom. The summed E-state index contributed by atoms with van der Waals surface area (Å²) in [6.07, 6.45) is 1.56. The lowest BCUT2D eigenvalue weighted by atomic mass is 10.2. The van der Waals surface area contributed by atoms with Crippen LogP contribution in [0.5, 0.6) is 0 Å². The number of aryl methyl sites for hydroxylation is 2. The van der Waals surface area contributed by atoms with Gasteiger partial charge in [-0.05, 0) is 26.0 Å². The monoisotopic (exact) mass is 249 g/mol. The Kier molecular flexibility index (Phi) is 2.85. The lowest BCUT2D eigenvalue weighted by Crippen LogP contribution is -2.14. The lowest BCUT2D eigenvalue weighted by Gasteiger charge is -2.08. The van der Waals surface area contributed by atoms with Gasteiger partial charge in [-0.15, -0.1) is 0 Å². The number of pyridine rings is 1. The van der Waals surface area contributed by atoms with Crippen molar-refractivity contribution in [2.45, 2.75) is 13.8 Å². The summed E-state index contributed by atoms with van der Waals surface area (Å²) < 4.78 is 1.64. The minimum atomic E-state index is -0.0832. The van der Waals surface area contributed by atoms with Crippen LogP contribution in [-0.2, 0) is 0 Å². The standard InChI is InChI=1S/C11H12ClN5/c1-6-5-7(2)17(16-6)11-9(12)8(10(13)14)3-4-15-11/h3-5H,1-2H3,(H3,13,14). The quantitative estimate of drug-likeness (QED) is 0.629. The van der Waals surface area contributed by atoms with Gasteiger partial charge in [0.15, 0.2) is 5.82 Å². The molecule has 0 radical (unpaired) electrons. The average Bonchev–Trinajstić information content (AvgIpc) is 2.57. The molecule has 17 heavy (non-hydrogen) atoms. The van der Waals surface area contributed by atoms with Crippen LogP contribution in [-0.4, -0.2) is 20.6 Å². The summed E-state index contributed by atoms with van der Waals surface area (Å²) in [7, 11) is 0. The number of nitrogens with zero attached hydrogens (tertiary/aromatic N) is 3. The SMILES string of the molecule is Cc1cc(C)n(-c2nccc(C(=N)N)c2Cl)n1. The summed E-state index contributed by atoms with van der Waals surface area (Å²) in [5.41, 5.74) is 7.72. The summed E-state index contributed by atoms with van der Waals surface area (Å²) in [5.74, 6) is 0.408. The van der Waals surface area contributed by atoms with Crippen LogP contribution in [0, 0.1) is 19.3 Å². The molecular formula is C11H12ClN5. The van der Waals surface area contributed by atoms with Gasteiger partial charge in [-0.3, -0.25) is 5.41 Å². The summed E-state index contributed by atoms with van der Waals surface area (Å²) >= 11 is 6.18. The lowest BCUT2D eigenvalue weighted by molar-refractivity contribution is 0.806. The largest absolute Gasteiger partial charge is 0.384 e. The zero-order valence-corrected chi connectivity index (χ0v) is 10.3. The third-order valence-corrected chi connectivity index (χ3v) is 2.74. The first-order chi connectivity index (χ1) is 8.00. The fraction of sp³-hybridized carbons (Fsp3) is 0.182. The highest BCUT2D eigenvalue weighted by atomic mass is 35.5. The highest BCUT2D eigenvalue weighted by Gasteiger charge is 2.13. The smallest absolute Gasteiger partial charge is 0.173 e. The van der Waals surface area contributed by atoms with Crippen molar-refractivity contribution in [1.82, 2.24) is 14.8 Å². The van der Waals surface area contributed by atoms with E-state index in [0.29, 0.717) is 16.4 Å². The number of nitrogen functional groups attached to an aromatic ring is 1. The molecule has 2 rings (SSSR count). The Morgan fingerprint density at radius 2 is 2.18 bits per heavy atom. The number of aromatic nitrogens is 3. The molecule has 2 heterocycles. The van der Waals surface area contributed by atoms with E-state index < -0.39 is 0 Å². The molecule has 0 fully saturated rings. The molecule has 0 amide bonds. The van der Waals surface area contributed by atoms with Gasteiger partial charge in [0.1, 0.15) is 5.84 Å². The van der Waals surface area contributed by atoms with Gasteiger partial charge in [0.25, 0.3) is 0 Å². The Morgan fingerprint density at radius 3 is 2.71 bits per heavy atom. The van der Waals surface area contributed by atoms with Gasteiger partial charge in [-0.1, -0.05) is 11.6 Å². The van der Waals surface area contributed by atoms with Gasteiger partial charge in [0.05, 0.1) is 10.7 Å². The number of nitrogens with one attached hydrogen (secondary N) is 1. The van der Waals surface area contributed by atoms with Gasteiger partial charge >= 0.3 is 0 Å². The van der Waals surface area contributed by atoms with Gasteiger partial charge in [0.2, 0.25) is 0 Å². The van der Waals surface area contributed by atoms with E-state index in [0.717, 1.165) is 11.4 Å². The van der Waals surface area contributed by atoms with Crippen molar-refractivity contribution in [3.05, 3.63) is 40.3 Å². The van der Waals surface area contributed by atoms with Crippen LogP contribution < -0.4 is 5.73 Å². The molecule has 0 unspecified atom stereocenters. The van der Waals surface area contributed by atoms with Gasteiger partial charge in [-0.25, -0.2) is 9.67 Å². The minimum Gasteiger partial charge on any atom is -0.384 e. The molecule has 6 heteroatoms. The van der Waals surface area contributed by atoms with Crippen molar-refractivity contribution < 1.29 is 0 Å². The minimum absolute atomic E-state index is 0.0832. The maximum atomic E-state index is 7.43. The summed E-state index contributed by atoms with van der Waals surface area (Å²) in [6, 6.07) is 3.54. The van der Waals surface area contributed by atoms with Gasteiger partial charge in [0, 0.05) is 17.5 Å². The van der Waals surface area contributed by atoms with Crippen LogP contribution >= 0.6 is 11.6 Å². The molecule has 2 aromatic heterocycles. The second-order valence-electron chi connectivity index (χ2n) is 3.75. The van der Waals surface area contributed by atoms with Crippen LogP contribution in [0.15, 0.2) is 18.3 Å². The van der Waals surface area contributed by atoms with Crippen LogP contribution in [0.4, 0.5) is 0 Å². The third-order valence-electron chi connectivity index (χ3n) is 2.37. The Bertz CT molecular complexity index is 588. The molecule has 0 spiro atoms. The van der Waals surface area contributed by atoms with Crippen molar-refractivity contribution in [2.24, 2.45) is 5.73 Å². The molecule has 5 nitrogen and oxygen atoms in total. The van der Waals surface area contributed by atoms with Crippen molar-refractivity contribution in [1.29, 1.82) is 5.41 Å². The van der Waals surface area contributed by atoms with Crippen LogP contribution in [0.3, 0.4) is 0 Å². The van der Waals surface area contributed by atoms with E-state index in [1.54, 1.807) is 16.9 Å². The molecule has 0 aromatic carbocycles. The number of halogens is 1. The number of nitrogens with two attached hydrogens (primary N) is 1. The van der Waals surface area contributed by atoms with E-state index in [1.165, 1.54) is 0 Å². The van der Waals surface area contributed by atoms with Gasteiger partial charge < -0.3 is 5.73 Å². The maximum absolute atomic E-state index is 7.43. The van der Waals surface area contributed by atoms with E-state index in [1.807, 2.05) is 19.9 Å². The van der Waals surface area contributed by atoms with Crippen LogP contribution in [0.2, 0.25) is 5.02 Å². The van der Waals surface area contributed by atoms with E-state index in [9.17, 15) is 0 Å². The molecule has 2 aromatic rings. The first kappa shape index (κ1) is 11.6. The molecule has 0 saturated heterocycles. The van der Waals surface area contributed by atoms with E-state index in [2.05, 4.69) is 10.1 Å². The fourth-order valence-corrected chi connectivity index (χ4v) is 1.93. The summed E-state index contributed by atoms with van der Waals surface area (Å²) in [6.45, 7) is 3.81. The molecule has 0 aliphatic carbocycles. The Balaban J connectivity index is 2.64. The molecule has 0 aliphatic rings. The molecule has 0 aliphatic heterocycles. The highest BCUT2D eigenvalue weighted by molar-refractivity contribution is 6.35. The van der Waals surface area contributed by atoms with Crippen LogP contribution in [0.25, 0.3) is 5.82 Å². The molecular weight excluding hydrogens is 238 g/mol. The Hall–Kier alpha value is -1.88. The van der Waals surface area contributed by atoms with E-state index in [4.69, 9.17) is 22.7 Å². The van der Waals surface area contributed by atoms with Crippen molar-refractivity contribution >= 4 is 17.4 Å². The van der Waals surface area contributed by atoms with Gasteiger partial charge in [-0.2, -0.15) is 5.10 Å². The average molecular weight is 250 g/mol. The molecule has 3 N–H and O–H groups in total. The first-order valence-electron chi connectivity index (χ1n) is 5.03. The molecule has 0 atom stereocenters. The van der Waals surface area contributed by atoms with Crippen molar-refractivity contribution in [2.75, 3.05) is 0 Å². The van der Waals surface area contributed by atoms with Crippen LogP contribution in [0.1, 0.15) is 17.0 Å². The second kappa shape index (κ2) is 4.18. The normalized spacial score (nSPS) is 10.5. The summed E-state index contributed by atoms with van der Waals surface area (Å²) in [5, 5.41) is 12.1. The van der Waals surface area contributed by atoms with E-state index >= 15 is 0 Å². The zero-order valence-electron chi connectivity index (χ0n) is 9.53. The molecule has 88 valence electrons. The van der Waals surface area contributed by atoms with Crippen molar-refractivity contribution in [3.63, 3.8) is 0 Å². The first-order valence-corrected chi connectivity index (χ1v) is 5.41. The third kappa shape index (κ3) is 2.01. The van der Waals surface area contributed by atoms with E-state index in [-0.39, 0.29) is 5.84 Å². The highest BCUT2D eigenvalue weighted by Crippen LogP contribution is 2.23. The topological polar surface area (TPSA) is 80.6 Å². The number of amidine groups is 1. The Labute approximate surface area is 104 Å². The fourth-order valence-electron chi connectivity index (χ4n) is 1.63. The van der Waals surface area contributed by atoms with Crippen molar-refractivity contribution in [3.8, 4) is 5.82 Å². The number of hydrogen-bond donors (Lipinski definition) is 2. The summed E-state index contributed by atoms with van der Waals surface area (Å²) in [4.78, 5) is 4.18. The molecule has 0 saturated carbocycles. The maximum Gasteiger partial charge on any atom is 0.173 e. The predicted octanol–water partition coefficient (Wildman–Crippen LogP) is 1.82. The second-order valence-corrected chi connectivity index (χ2v) is 4.13. The predicted molar refractivity (Wildman–Crippen MR) is 66.9 cm³/mol. The zero-order chi connectivity index (χ0) is 12.6. The molecule has 0 bridgehead atoms.